The maximum Gasteiger partial charge on any atom is 0.321 e. The number of rotatable bonds is 8. The number of nitrogens with one attached hydrogen (secondary N) is 1. The summed E-state index contributed by atoms with van der Waals surface area (Å²) in [4.78, 5) is 21.4. The second kappa shape index (κ2) is 7.34. The van der Waals surface area contributed by atoms with Gasteiger partial charge in [-0.25, -0.2) is 8.42 Å². The Hall–Kier alpha value is -1.71. The van der Waals surface area contributed by atoms with Crippen molar-refractivity contribution in [1.82, 2.24) is 4.72 Å². The molecule has 0 bridgehead atoms. The van der Waals surface area contributed by atoms with E-state index in [0.717, 1.165) is 0 Å². The Morgan fingerprint density at radius 3 is 2.57 bits per heavy atom. The summed E-state index contributed by atoms with van der Waals surface area (Å²) < 4.78 is 31.1. The van der Waals surface area contributed by atoms with Gasteiger partial charge in [-0.2, -0.15) is 4.72 Å². The number of carbonyl (C=O) groups is 2. The van der Waals surface area contributed by atoms with Crippen molar-refractivity contribution in [2.45, 2.75) is 31.4 Å². The van der Waals surface area contributed by atoms with E-state index in [4.69, 9.17) is 14.9 Å². The molecule has 1 aliphatic carbocycles. The second-order valence-electron chi connectivity index (χ2n) is 4.42. The third kappa shape index (κ3) is 5.29. The predicted octanol–water partition coefficient (Wildman–Crippen LogP) is 0.0826. The van der Waals surface area contributed by atoms with E-state index in [-0.39, 0.29) is 17.4 Å². The zero-order chi connectivity index (χ0) is 16.0. The molecule has 21 heavy (non-hydrogen) atoms. The van der Waals surface area contributed by atoms with Crippen LogP contribution in [0.4, 0.5) is 0 Å². The number of hydrogen-bond donors (Lipinski definition) is 3. The summed E-state index contributed by atoms with van der Waals surface area (Å²) >= 11 is 0. The van der Waals surface area contributed by atoms with Crippen LogP contribution in [0.2, 0.25) is 0 Å². The fourth-order valence-electron chi connectivity index (χ4n) is 1.71. The van der Waals surface area contributed by atoms with Crippen LogP contribution >= 0.6 is 0 Å². The summed E-state index contributed by atoms with van der Waals surface area (Å²) in [5, 5.41) is 17.5. The molecule has 0 aliphatic heterocycles. The molecular weight excluding hydrogens is 302 g/mol. The van der Waals surface area contributed by atoms with Crippen LogP contribution in [-0.4, -0.2) is 49.8 Å². The van der Waals surface area contributed by atoms with E-state index in [2.05, 4.69) is 0 Å². The van der Waals surface area contributed by atoms with Crippen molar-refractivity contribution >= 4 is 22.0 Å². The van der Waals surface area contributed by atoms with Crippen LogP contribution in [0.3, 0.4) is 0 Å². The van der Waals surface area contributed by atoms with E-state index in [0.29, 0.717) is 6.42 Å². The smallest absolute Gasteiger partial charge is 0.321 e. The normalized spacial score (nSPS) is 19.9. The lowest BCUT2D eigenvalue weighted by Gasteiger charge is -2.18. The third-order valence-electron chi connectivity index (χ3n) is 2.88. The van der Waals surface area contributed by atoms with Gasteiger partial charge in [-0.05, 0) is 18.9 Å². The van der Waals surface area contributed by atoms with E-state index in [1.807, 2.05) is 4.72 Å². The largest absolute Gasteiger partial charge is 0.481 e. The first kappa shape index (κ1) is 17.3. The van der Waals surface area contributed by atoms with Crippen molar-refractivity contribution in [2.75, 3.05) is 7.11 Å². The van der Waals surface area contributed by atoms with Crippen molar-refractivity contribution < 1.29 is 33.0 Å². The highest BCUT2D eigenvalue weighted by atomic mass is 32.2. The van der Waals surface area contributed by atoms with Gasteiger partial charge in [0.2, 0.25) is 10.0 Å². The van der Waals surface area contributed by atoms with Crippen molar-refractivity contribution in [3.8, 4) is 0 Å². The van der Waals surface area contributed by atoms with Crippen LogP contribution in [0.25, 0.3) is 0 Å². The monoisotopic (exact) mass is 319 g/mol. The molecule has 8 nitrogen and oxygen atoms in total. The van der Waals surface area contributed by atoms with Gasteiger partial charge in [-0.15, -0.1) is 0 Å². The summed E-state index contributed by atoms with van der Waals surface area (Å²) in [5.41, 5.74) is 0. The standard InChI is InChI=1S/C12H17NO7S/c1-20-8-2-4-9(5-3-8)21(18,19)13-10(12(16)17)6-7-11(14)15/h2,4-5,8,10,13H,3,6-7H2,1H3,(H,14,15)(H,16,17). The molecule has 0 aromatic heterocycles. The van der Waals surface area contributed by atoms with Gasteiger partial charge in [0.25, 0.3) is 0 Å². The van der Waals surface area contributed by atoms with Gasteiger partial charge >= 0.3 is 11.9 Å². The van der Waals surface area contributed by atoms with Crippen molar-refractivity contribution in [3.63, 3.8) is 0 Å². The molecule has 2 atom stereocenters. The second-order valence-corrected chi connectivity index (χ2v) is 6.13. The molecule has 1 aliphatic rings. The van der Waals surface area contributed by atoms with Crippen LogP contribution in [0, 0.1) is 0 Å². The Morgan fingerprint density at radius 1 is 1.48 bits per heavy atom. The summed E-state index contributed by atoms with van der Waals surface area (Å²) in [7, 11) is -2.52. The van der Waals surface area contributed by atoms with Gasteiger partial charge in [0.15, 0.2) is 0 Å². The topological polar surface area (TPSA) is 130 Å². The Bertz CT molecular complexity index is 564. The molecule has 0 saturated heterocycles. The number of sulfonamides is 1. The van der Waals surface area contributed by atoms with E-state index in [1.165, 1.54) is 19.3 Å². The van der Waals surface area contributed by atoms with Crippen LogP contribution in [0.15, 0.2) is 23.1 Å². The van der Waals surface area contributed by atoms with Gasteiger partial charge < -0.3 is 14.9 Å². The molecule has 0 aromatic rings. The maximum atomic E-state index is 12.1. The zero-order valence-electron chi connectivity index (χ0n) is 11.4. The van der Waals surface area contributed by atoms with Gasteiger partial charge in [0.05, 0.1) is 11.0 Å². The molecular formula is C12H17NO7S. The number of aliphatic carboxylic acids is 2. The lowest BCUT2D eigenvalue weighted by atomic mass is 10.1. The lowest BCUT2D eigenvalue weighted by molar-refractivity contribution is -0.140. The summed E-state index contributed by atoms with van der Waals surface area (Å²) in [6.45, 7) is 0. The maximum absolute atomic E-state index is 12.1. The van der Waals surface area contributed by atoms with Crippen molar-refractivity contribution in [3.05, 3.63) is 23.1 Å². The van der Waals surface area contributed by atoms with E-state index < -0.39 is 34.4 Å². The molecule has 0 radical (unpaired) electrons. The molecule has 118 valence electrons. The lowest BCUT2D eigenvalue weighted by Crippen LogP contribution is -2.41. The highest BCUT2D eigenvalue weighted by Crippen LogP contribution is 2.18. The molecule has 0 heterocycles. The molecule has 0 spiro atoms. The molecule has 0 saturated carbocycles. The van der Waals surface area contributed by atoms with Crippen molar-refractivity contribution in [2.24, 2.45) is 0 Å². The molecule has 0 aromatic carbocycles. The Balaban J connectivity index is 2.78. The third-order valence-corrected chi connectivity index (χ3v) is 4.40. The number of hydrogen-bond acceptors (Lipinski definition) is 5. The Kier molecular flexibility index (Phi) is 6.06. The SMILES string of the molecule is COC1C=CC(S(=O)(=O)NC(CCC(=O)O)C(=O)O)=CC1. The minimum atomic E-state index is -4.01. The van der Waals surface area contributed by atoms with Gasteiger partial charge in [-0.3, -0.25) is 9.59 Å². The minimum absolute atomic E-state index is 0.0580. The molecule has 2 unspecified atom stereocenters. The van der Waals surface area contributed by atoms with Crippen LogP contribution < -0.4 is 4.72 Å². The molecule has 1 rings (SSSR count). The summed E-state index contributed by atoms with van der Waals surface area (Å²) in [6, 6.07) is -1.49. The number of ether oxygens (including phenoxy) is 1. The van der Waals surface area contributed by atoms with E-state index in [9.17, 15) is 18.0 Å². The fraction of sp³-hybridized carbons (Fsp3) is 0.500. The number of allylic oxidation sites excluding steroid dienone is 1. The number of methoxy groups -OCH3 is 1. The molecule has 9 heteroatoms. The van der Waals surface area contributed by atoms with Crippen molar-refractivity contribution in [1.29, 1.82) is 0 Å². The highest BCUT2D eigenvalue weighted by Gasteiger charge is 2.27. The van der Waals surface area contributed by atoms with Gasteiger partial charge in [0, 0.05) is 13.5 Å². The fourth-order valence-corrected chi connectivity index (χ4v) is 3.01. The Labute approximate surface area is 122 Å². The first-order chi connectivity index (χ1) is 9.76. The van der Waals surface area contributed by atoms with Gasteiger partial charge in [0.1, 0.15) is 6.04 Å². The van der Waals surface area contributed by atoms with Crippen LogP contribution in [0.1, 0.15) is 19.3 Å². The summed E-state index contributed by atoms with van der Waals surface area (Å²) in [5.74, 6) is -2.62. The zero-order valence-corrected chi connectivity index (χ0v) is 12.2. The van der Waals surface area contributed by atoms with Crippen LogP contribution in [0.5, 0.6) is 0 Å². The molecule has 0 amide bonds. The highest BCUT2D eigenvalue weighted by molar-refractivity contribution is 7.93. The summed E-state index contributed by atoms with van der Waals surface area (Å²) in [6.07, 6.45) is 3.67. The first-order valence-corrected chi connectivity index (χ1v) is 7.62. The van der Waals surface area contributed by atoms with Crippen LogP contribution in [-0.2, 0) is 24.3 Å². The number of carboxylic acids is 2. The van der Waals surface area contributed by atoms with Gasteiger partial charge in [-0.1, -0.05) is 12.2 Å². The molecule has 3 N–H and O–H groups in total. The predicted molar refractivity (Wildman–Crippen MR) is 73.0 cm³/mol. The van der Waals surface area contributed by atoms with E-state index >= 15 is 0 Å². The molecule has 0 fully saturated rings. The Morgan fingerprint density at radius 2 is 2.14 bits per heavy atom. The average Bonchev–Trinajstić information content (AvgIpc) is 2.43. The quantitative estimate of drug-likeness (QED) is 0.577. The minimum Gasteiger partial charge on any atom is -0.481 e. The van der Waals surface area contributed by atoms with E-state index in [1.54, 1.807) is 6.08 Å². The average molecular weight is 319 g/mol. The first-order valence-electron chi connectivity index (χ1n) is 6.14. The number of carboxylic acid groups (broad SMARTS) is 2.